The normalized spacial score (nSPS) is 39.3. The Bertz CT molecular complexity index is 848. The summed E-state index contributed by atoms with van der Waals surface area (Å²) >= 11 is 0. The average molecular weight is 536 g/mol. The van der Waals surface area contributed by atoms with E-state index in [0.29, 0.717) is 0 Å². The Balaban J connectivity index is 1.98. The molecule has 0 aromatic carbocycles. The second kappa shape index (κ2) is 12.4. The third-order valence-electron chi connectivity index (χ3n) is 5.71. The molecule has 0 aromatic heterocycles. The molecule has 15 nitrogen and oxygen atoms in total. The van der Waals surface area contributed by atoms with E-state index < -0.39 is 105 Å². The van der Waals surface area contributed by atoms with Crippen LogP contribution in [0.2, 0.25) is 0 Å². The Hall–Kier alpha value is -2.40. The Morgan fingerprint density at radius 2 is 1.32 bits per heavy atom. The molecule has 2 N–H and O–H groups in total. The maximum Gasteiger partial charge on any atom is 0.303 e. The van der Waals surface area contributed by atoms with Crippen LogP contribution >= 0.6 is 0 Å². The molecule has 0 spiro atoms. The van der Waals surface area contributed by atoms with Gasteiger partial charge in [-0.1, -0.05) is 0 Å². The van der Waals surface area contributed by atoms with Crippen LogP contribution in [0.25, 0.3) is 0 Å². The first-order chi connectivity index (χ1) is 17.4. The number of aliphatic hydroxyl groups is 2. The molecule has 3 aliphatic heterocycles. The molecule has 0 aromatic rings. The smallest absolute Gasteiger partial charge is 0.303 e. The van der Waals surface area contributed by atoms with Crippen LogP contribution in [-0.2, 0) is 61.8 Å². The lowest BCUT2D eigenvalue weighted by Crippen LogP contribution is -2.66. The Morgan fingerprint density at radius 1 is 0.730 bits per heavy atom. The lowest BCUT2D eigenvalue weighted by atomic mass is 9.96. The van der Waals surface area contributed by atoms with Gasteiger partial charge in [0.1, 0.15) is 37.1 Å². The molecule has 3 fully saturated rings. The van der Waals surface area contributed by atoms with E-state index in [2.05, 4.69) is 0 Å². The highest BCUT2D eigenvalue weighted by Gasteiger charge is 2.57. The number of hydrogen-bond acceptors (Lipinski definition) is 15. The van der Waals surface area contributed by atoms with Gasteiger partial charge >= 0.3 is 23.9 Å². The number of esters is 4. The molecule has 3 rings (SSSR count). The molecule has 15 heteroatoms. The van der Waals surface area contributed by atoms with Crippen LogP contribution < -0.4 is 0 Å². The van der Waals surface area contributed by atoms with E-state index >= 15 is 0 Å². The van der Waals surface area contributed by atoms with Crippen LogP contribution in [0.15, 0.2) is 0 Å². The van der Waals surface area contributed by atoms with Gasteiger partial charge in [-0.15, -0.1) is 0 Å². The van der Waals surface area contributed by atoms with Crippen molar-refractivity contribution in [1.29, 1.82) is 0 Å². The van der Waals surface area contributed by atoms with Crippen molar-refractivity contribution in [1.82, 2.24) is 0 Å². The zero-order valence-electron chi connectivity index (χ0n) is 21.0. The minimum atomic E-state index is -1.56. The van der Waals surface area contributed by atoms with Gasteiger partial charge in [-0.25, -0.2) is 0 Å². The predicted molar refractivity (Wildman–Crippen MR) is 114 cm³/mol. The van der Waals surface area contributed by atoms with E-state index in [-0.39, 0.29) is 0 Å². The predicted octanol–water partition coefficient (Wildman–Crippen LogP) is -1.71. The van der Waals surface area contributed by atoms with Gasteiger partial charge in [-0.05, 0) is 6.92 Å². The minimum absolute atomic E-state index is 0.448. The van der Waals surface area contributed by atoms with Gasteiger partial charge in [0, 0.05) is 27.7 Å². The highest BCUT2D eigenvalue weighted by Crippen LogP contribution is 2.36. The number of carbonyl (C=O) groups excluding carboxylic acids is 4. The number of carbonyl (C=O) groups is 4. The molecule has 0 bridgehead atoms. The van der Waals surface area contributed by atoms with Gasteiger partial charge in [0.2, 0.25) is 0 Å². The van der Waals surface area contributed by atoms with Crippen molar-refractivity contribution < 1.29 is 72.0 Å². The zero-order valence-corrected chi connectivity index (χ0v) is 21.0. The van der Waals surface area contributed by atoms with E-state index in [9.17, 15) is 29.4 Å². The summed E-state index contributed by atoms with van der Waals surface area (Å²) < 4.78 is 49.8. The Kier molecular flexibility index (Phi) is 9.80. The van der Waals surface area contributed by atoms with E-state index in [1.165, 1.54) is 0 Å². The monoisotopic (exact) mass is 536 g/mol. The molecule has 0 saturated carbocycles. The van der Waals surface area contributed by atoms with Crippen molar-refractivity contribution in [2.45, 2.75) is 102 Å². The summed E-state index contributed by atoms with van der Waals surface area (Å²) in [6.45, 7) is 4.98. The maximum absolute atomic E-state index is 12.0. The topological polar surface area (TPSA) is 192 Å². The fourth-order valence-electron chi connectivity index (χ4n) is 4.35. The van der Waals surface area contributed by atoms with Crippen LogP contribution in [0.5, 0.6) is 0 Å². The first kappa shape index (κ1) is 29.2. The molecule has 3 heterocycles. The molecule has 0 amide bonds. The third kappa shape index (κ3) is 7.13. The van der Waals surface area contributed by atoms with Crippen molar-refractivity contribution >= 4 is 23.9 Å². The second-order valence-corrected chi connectivity index (χ2v) is 8.69. The highest BCUT2D eigenvalue weighted by atomic mass is 16.8. The maximum atomic E-state index is 12.0. The molecule has 3 saturated heterocycles. The van der Waals surface area contributed by atoms with E-state index in [0.717, 1.165) is 27.7 Å². The molecule has 0 radical (unpaired) electrons. The summed E-state index contributed by atoms with van der Waals surface area (Å²) in [7, 11) is 0. The van der Waals surface area contributed by atoms with Gasteiger partial charge in [0.05, 0.1) is 6.61 Å². The van der Waals surface area contributed by atoms with Crippen molar-refractivity contribution in [2.24, 2.45) is 0 Å². The molecule has 3 aliphatic rings. The summed E-state index contributed by atoms with van der Waals surface area (Å²) in [6.07, 6.45) is -13.7. The van der Waals surface area contributed by atoms with Crippen molar-refractivity contribution in [2.75, 3.05) is 13.2 Å². The highest BCUT2D eigenvalue weighted by molar-refractivity contribution is 5.68. The number of fused-ring (bicyclic) bond motifs is 1. The molecule has 210 valence electrons. The number of aliphatic hydroxyl groups excluding tert-OH is 2. The first-order valence-electron chi connectivity index (χ1n) is 11.6. The standard InChI is InChI=1S/C22H32O15/c1-8(24)29-7-14-16(30-9(2)25)18(31-10(3)26)20(32-11(4)27)22(36-14)37-17-15(28)13(6-23)35-21-19(17)33-12(5)34-21/h12-23,28H,6-7H2,1-5H3/t12-,13-,14-,15-,16-,17+,18+,19-,20-,21+,22+/m1/s1. The van der Waals surface area contributed by atoms with Crippen LogP contribution in [0.3, 0.4) is 0 Å². The lowest BCUT2D eigenvalue weighted by Gasteiger charge is -2.47. The SMILES string of the molecule is CC(=O)OC[C@H]1O[C@@H](O[C@H]2[C@H](O)[C@@H](CO)O[C@@H]3O[C@H](C)O[C@@H]32)[C@H](OC(C)=O)[C@@H](OC(C)=O)[C@@H]1OC(C)=O. The van der Waals surface area contributed by atoms with Crippen LogP contribution in [0, 0.1) is 0 Å². The minimum Gasteiger partial charge on any atom is -0.463 e. The van der Waals surface area contributed by atoms with Crippen molar-refractivity contribution in [3.8, 4) is 0 Å². The lowest BCUT2D eigenvalue weighted by molar-refractivity contribution is -0.346. The van der Waals surface area contributed by atoms with E-state index in [1.807, 2.05) is 0 Å². The van der Waals surface area contributed by atoms with Gasteiger partial charge in [-0.2, -0.15) is 0 Å². The van der Waals surface area contributed by atoms with Gasteiger partial charge in [0.25, 0.3) is 0 Å². The fraction of sp³-hybridized carbons (Fsp3) is 0.818. The number of ether oxygens (including phenoxy) is 9. The average Bonchev–Trinajstić information content (AvgIpc) is 3.16. The molecule has 0 unspecified atom stereocenters. The quantitative estimate of drug-likeness (QED) is 0.263. The molecule has 37 heavy (non-hydrogen) atoms. The van der Waals surface area contributed by atoms with Crippen LogP contribution in [-0.4, -0.2) is 115 Å². The summed E-state index contributed by atoms with van der Waals surface area (Å²) in [5.41, 5.74) is 0. The summed E-state index contributed by atoms with van der Waals surface area (Å²) in [5, 5.41) is 20.5. The van der Waals surface area contributed by atoms with Gasteiger partial charge in [0.15, 0.2) is 37.2 Å². The molecule has 0 aliphatic carbocycles. The summed E-state index contributed by atoms with van der Waals surface area (Å²) in [6, 6.07) is 0. The Morgan fingerprint density at radius 3 is 1.89 bits per heavy atom. The zero-order chi connectivity index (χ0) is 27.4. The van der Waals surface area contributed by atoms with Crippen molar-refractivity contribution in [3.63, 3.8) is 0 Å². The van der Waals surface area contributed by atoms with Crippen LogP contribution in [0.1, 0.15) is 34.6 Å². The summed E-state index contributed by atoms with van der Waals surface area (Å²) in [5.74, 6) is -3.07. The van der Waals surface area contributed by atoms with Gasteiger partial charge in [-0.3, -0.25) is 19.2 Å². The summed E-state index contributed by atoms with van der Waals surface area (Å²) in [4.78, 5) is 47.3. The van der Waals surface area contributed by atoms with E-state index in [4.69, 9.17) is 42.6 Å². The number of rotatable bonds is 8. The third-order valence-corrected chi connectivity index (χ3v) is 5.71. The van der Waals surface area contributed by atoms with Gasteiger partial charge < -0.3 is 52.8 Å². The first-order valence-corrected chi connectivity index (χ1v) is 11.6. The van der Waals surface area contributed by atoms with Crippen molar-refractivity contribution in [3.05, 3.63) is 0 Å². The fourth-order valence-corrected chi connectivity index (χ4v) is 4.35. The second-order valence-electron chi connectivity index (χ2n) is 8.69. The largest absolute Gasteiger partial charge is 0.463 e. The Labute approximate surface area is 212 Å². The van der Waals surface area contributed by atoms with Crippen LogP contribution in [0.4, 0.5) is 0 Å². The van der Waals surface area contributed by atoms with E-state index in [1.54, 1.807) is 6.92 Å². The molecule has 11 atom stereocenters. The molecular weight excluding hydrogens is 504 g/mol. The molecular formula is C22H32O15. The number of hydrogen-bond donors (Lipinski definition) is 2.